The van der Waals surface area contributed by atoms with Gasteiger partial charge in [0.1, 0.15) is 0 Å². The van der Waals surface area contributed by atoms with E-state index < -0.39 is 27.7 Å². The molecule has 0 fully saturated rings. The van der Waals surface area contributed by atoms with Gasteiger partial charge in [0.15, 0.2) is 0 Å². The molecule has 0 aliphatic heterocycles. The van der Waals surface area contributed by atoms with Crippen LogP contribution < -0.4 is 4.90 Å². The SMILES string of the molecule is CCN(c1ccc(C#N)c(C(F)(F)F)c1)C1CCC=C(c2cn(CCOS(=O)(=O)O)cn2)C1. The Morgan fingerprint density at radius 1 is 1.39 bits per heavy atom. The number of nitriles is 1. The Kier molecular flexibility index (Phi) is 7.46. The van der Waals surface area contributed by atoms with Crippen molar-refractivity contribution >= 4 is 21.7 Å². The topological polar surface area (TPSA) is 108 Å². The van der Waals surface area contributed by atoms with Gasteiger partial charge in [-0.1, -0.05) is 6.08 Å². The summed E-state index contributed by atoms with van der Waals surface area (Å²) in [7, 11) is -4.51. The maximum Gasteiger partial charge on any atom is 0.417 e. The minimum Gasteiger partial charge on any atom is -0.368 e. The number of nitrogens with zero attached hydrogens (tertiary/aromatic N) is 4. The second-order valence-corrected chi connectivity index (χ2v) is 8.63. The Balaban J connectivity index is 1.76. The van der Waals surface area contributed by atoms with Crippen LogP contribution in [-0.4, -0.2) is 41.7 Å². The molecule has 0 saturated carbocycles. The summed E-state index contributed by atoms with van der Waals surface area (Å²) in [5.74, 6) is 0. The number of aromatic nitrogens is 2. The van der Waals surface area contributed by atoms with Crippen LogP contribution in [0.3, 0.4) is 0 Å². The van der Waals surface area contributed by atoms with Crippen LogP contribution in [0.1, 0.15) is 43.0 Å². The monoisotopic (exact) mass is 484 g/mol. The Hall–Kier alpha value is -2.88. The lowest BCUT2D eigenvalue weighted by Crippen LogP contribution is -2.36. The second-order valence-electron chi connectivity index (χ2n) is 7.54. The predicted molar refractivity (Wildman–Crippen MR) is 115 cm³/mol. The summed E-state index contributed by atoms with van der Waals surface area (Å²) >= 11 is 0. The number of rotatable bonds is 8. The summed E-state index contributed by atoms with van der Waals surface area (Å²) < 4.78 is 76.1. The van der Waals surface area contributed by atoms with Gasteiger partial charge in [-0.3, -0.25) is 4.55 Å². The molecule has 8 nitrogen and oxygen atoms in total. The van der Waals surface area contributed by atoms with Gasteiger partial charge < -0.3 is 9.47 Å². The molecule has 178 valence electrons. The van der Waals surface area contributed by atoms with Gasteiger partial charge in [-0.25, -0.2) is 9.17 Å². The van der Waals surface area contributed by atoms with Crippen molar-refractivity contribution in [2.75, 3.05) is 18.1 Å². The number of hydrogen-bond donors (Lipinski definition) is 1. The fourth-order valence-electron chi connectivity index (χ4n) is 3.96. The summed E-state index contributed by atoms with van der Waals surface area (Å²) in [5.41, 5.74) is 0.665. The van der Waals surface area contributed by atoms with E-state index >= 15 is 0 Å². The van der Waals surface area contributed by atoms with Crippen LogP contribution >= 0.6 is 0 Å². The molecule has 1 aromatic heterocycles. The predicted octanol–water partition coefficient (Wildman–Crippen LogP) is 4.06. The average molecular weight is 485 g/mol. The van der Waals surface area contributed by atoms with E-state index in [1.807, 2.05) is 17.9 Å². The summed E-state index contributed by atoms with van der Waals surface area (Å²) in [6.45, 7) is 2.27. The van der Waals surface area contributed by atoms with E-state index in [-0.39, 0.29) is 19.2 Å². The minimum absolute atomic E-state index is 0.0583. The number of halogens is 3. The maximum absolute atomic E-state index is 13.4. The van der Waals surface area contributed by atoms with E-state index in [2.05, 4.69) is 9.17 Å². The smallest absolute Gasteiger partial charge is 0.368 e. The largest absolute Gasteiger partial charge is 0.417 e. The fourth-order valence-corrected chi connectivity index (χ4v) is 4.24. The number of anilines is 1. The van der Waals surface area contributed by atoms with Crippen LogP contribution in [-0.2, 0) is 27.3 Å². The first-order chi connectivity index (χ1) is 15.5. The summed E-state index contributed by atoms with van der Waals surface area (Å²) in [5, 5.41) is 9.04. The maximum atomic E-state index is 13.4. The van der Waals surface area contributed by atoms with E-state index in [1.54, 1.807) is 22.9 Å². The van der Waals surface area contributed by atoms with Gasteiger partial charge >= 0.3 is 16.6 Å². The molecule has 1 unspecified atom stereocenters. The zero-order valence-electron chi connectivity index (χ0n) is 17.8. The van der Waals surface area contributed by atoms with Crippen LogP contribution in [0.25, 0.3) is 5.57 Å². The molecule has 0 amide bonds. The molecule has 1 aromatic carbocycles. The zero-order valence-corrected chi connectivity index (χ0v) is 18.6. The normalized spacial score (nSPS) is 16.8. The molecule has 33 heavy (non-hydrogen) atoms. The van der Waals surface area contributed by atoms with E-state index in [1.165, 1.54) is 12.4 Å². The highest BCUT2D eigenvalue weighted by atomic mass is 32.3. The molecule has 0 saturated heterocycles. The van der Waals surface area contributed by atoms with Crippen molar-refractivity contribution < 1.29 is 30.3 Å². The molecule has 1 heterocycles. The standard InChI is InChI=1S/C21H23F3N4O4S/c1-2-28(18-7-6-16(12-25)19(11-18)21(22,23)24)17-5-3-4-15(10-17)20-13-27(14-26-20)8-9-32-33(29,30)31/h4,6-7,11,13-14,17H,2-3,5,8-10H2,1H3,(H,29,30,31). The number of allylic oxidation sites excluding steroid dienone is 1. The van der Waals surface area contributed by atoms with E-state index in [0.29, 0.717) is 24.3 Å². The molecule has 0 radical (unpaired) electrons. The number of hydrogen-bond acceptors (Lipinski definition) is 6. The van der Waals surface area contributed by atoms with Crippen LogP contribution in [0.5, 0.6) is 0 Å². The first-order valence-electron chi connectivity index (χ1n) is 10.2. The van der Waals surface area contributed by atoms with Gasteiger partial charge in [-0.05, 0) is 50.0 Å². The molecule has 0 spiro atoms. The van der Waals surface area contributed by atoms with Crippen molar-refractivity contribution in [1.29, 1.82) is 5.26 Å². The van der Waals surface area contributed by atoms with Gasteiger partial charge in [-0.15, -0.1) is 0 Å². The molecule has 3 rings (SSSR count). The van der Waals surface area contributed by atoms with Crippen molar-refractivity contribution in [2.45, 2.75) is 44.9 Å². The van der Waals surface area contributed by atoms with Crippen LogP contribution in [0, 0.1) is 11.3 Å². The molecule has 1 atom stereocenters. The third-order valence-electron chi connectivity index (χ3n) is 5.43. The Morgan fingerprint density at radius 2 is 2.15 bits per heavy atom. The molecule has 0 bridgehead atoms. The van der Waals surface area contributed by atoms with Crippen LogP contribution in [0.15, 0.2) is 36.8 Å². The third kappa shape index (κ3) is 6.34. The lowest BCUT2D eigenvalue weighted by molar-refractivity contribution is -0.137. The highest BCUT2D eigenvalue weighted by Crippen LogP contribution is 2.37. The lowest BCUT2D eigenvalue weighted by Gasteiger charge is -2.35. The first-order valence-corrected chi connectivity index (χ1v) is 11.6. The Labute approximate surface area is 189 Å². The van der Waals surface area contributed by atoms with Crippen LogP contribution in [0.2, 0.25) is 0 Å². The fraction of sp³-hybridized carbons (Fsp3) is 0.429. The van der Waals surface area contributed by atoms with Gasteiger partial charge in [0.25, 0.3) is 0 Å². The molecule has 1 N–H and O–H groups in total. The molecule has 12 heteroatoms. The average Bonchev–Trinajstić information content (AvgIpc) is 3.22. The Morgan fingerprint density at radius 3 is 2.79 bits per heavy atom. The Bertz CT molecular complexity index is 1170. The lowest BCUT2D eigenvalue weighted by atomic mass is 9.91. The molecule has 1 aliphatic rings. The highest BCUT2D eigenvalue weighted by Gasteiger charge is 2.35. The van der Waals surface area contributed by atoms with Gasteiger partial charge in [0, 0.05) is 31.0 Å². The van der Waals surface area contributed by atoms with Crippen molar-refractivity contribution in [3.63, 3.8) is 0 Å². The molecular weight excluding hydrogens is 461 g/mol. The summed E-state index contributed by atoms with van der Waals surface area (Å²) in [6, 6.07) is 5.32. The van der Waals surface area contributed by atoms with Crippen molar-refractivity contribution in [2.24, 2.45) is 0 Å². The quantitative estimate of drug-likeness (QED) is 0.563. The van der Waals surface area contributed by atoms with Crippen molar-refractivity contribution in [1.82, 2.24) is 9.55 Å². The van der Waals surface area contributed by atoms with Crippen molar-refractivity contribution in [3.8, 4) is 6.07 Å². The van der Waals surface area contributed by atoms with Gasteiger partial charge in [0.2, 0.25) is 0 Å². The number of alkyl halides is 3. The van der Waals surface area contributed by atoms with Crippen LogP contribution in [0.4, 0.5) is 18.9 Å². The molecule has 2 aromatic rings. The zero-order chi connectivity index (χ0) is 24.2. The minimum atomic E-state index is -4.62. The second kappa shape index (κ2) is 9.94. The summed E-state index contributed by atoms with van der Waals surface area (Å²) in [6.07, 6.45) is 2.69. The van der Waals surface area contributed by atoms with E-state index in [9.17, 15) is 21.6 Å². The first kappa shape index (κ1) is 24.8. The van der Waals surface area contributed by atoms with E-state index in [0.717, 1.165) is 24.5 Å². The van der Waals surface area contributed by atoms with Gasteiger partial charge in [-0.2, -0.15) is 26.9 Å². The van der Waals surface area contributed by atoms with Crippen molar-refractivity contribution in [3.05, 3.63) is 53.6 Å². The number of benzene rings is 1. The van der Waals surface area contributed by atoms with Gasteiger partial charge in [0.05, 0.1) is 35.8 Å². The molecular formula is C21H23F3N4O4S. The van der Waals surface area contributed by atoms with E-state index in [4.69, 9.17) is 9.81 Å². The third-order valence-corrected chi connectivity index (χ3v) is 5.90. The summed E-state index contributed by atoms with van der Waals surface area (Å²) in [4.78, 5) is 6.24. The molecule has 1 aliphatic carbocycles. The highest BCUT2D eigenvalue weighted by molar-refractivity contribution is 7.80. The number of imidazole rings is 1.